The number of amides is 1. The number of carbonyl (C=O) groups excluding carboxylic acids is 1. The number of carbonyl (C=O) groups is 1. The zero-order chi connectivity index (χ0) is 24.0. The van der Waals surface area contributed by atoms with Crippen molar-refractivity contribution in [2.45, 2.75) is 52.1 Å². The molecule has 176 valence electrons. The van der Waals surface area contributed by atoms with Crippen LogP contribution in [0.1, 0.15) is 53.3 Å². The standard InChI is InChI=1S/C24H25F4N3O2/c1-3-16(2)29-23(32)21-15-33-22(30-21)14-31(13-18-6-10-20(25)11-7-18)12-17-4-8-19(9-5-17)24(26,27)28/h4-11,15-16H,3,12-14H2,1-2H3,(H,29,32)/t16-/m0/s1. The van der Waals surface area contributed by atoms with Crippen LogP contribution in [0.4, 0.5) is 17.6 Å². The molecule has 0 aliphatic heterocycles. The molecule has 0 aliphatic carbocycles. The van der Waals surface area contributed by atoms with Crippen LogP contribution in [0.3, 0.4) is 0 Å². The van der Waals surface area contributed by atoms with Crippen LogP contribution in [-0.4, -0.2) is 21.8 Å². The molecule has 1 N–H and O–H groups in total. The van der Waals surface area contributed by atoms with Gasteiger partial charge in [-0.3, -0.25) is 9.69 Å². The first-order chi connectivity index (χ1) is 15.6. The number of nitrogens with one attached hydrogen (secondary N) is 1. The summed E-state index contributed by atoms with van der Waals surface area (Å²) in [5, 5.41) is 2.81. The molecule has 1 atom stereocenters. The van der Waals surface area contributed by atoms with Crippen LogP contribution in [0.25, 0.3) is 0 Å². The summed E-state index contributed by atoms with van der Waals surface area (Å²) in [5.41, 5.74) is 0.901. The number of nitrogens with zero attached hydrogens (tertiary/aromatic N) is 2. The van der Waals surface area contributed by atoms with E-state index in [1.165, 1.54) is 30.5 Å². The van der Waals surface area contributed by atoms with Crippen LogP contribution >= 0.6 is 0 Å². The molecule has 0 saturated carbocycles. The Morgan fingerprint density at radius 1 is 1.03 bits per heavy atom. The highest BCUT2D eigenvalue weighted by atomic mass is 19.4. The molecule has 9 heteroatoms. The lowest BCUT2D eigenvalue weighted by Gasteiger charge is -2.21. The van der Waals surface area contributed by atoms with Crippen molar-refractivity contribution < 1.29 is 26.8 Å². The lowest BCUT2D eigenvalue weighted by atomic mass is 10.1. The number of rotatable bonds is 9. The molecule has 0 unspecified atom stereocenters. The summed E-state index contributed by atoms with van der Waals surface area (Å²) in [6, 6.07) is 10.9. The van der Waals surface area contributed by atoms with E-state index in [2.05, 4.69) is 10.3 Å². The fourth-order valence-electron chi connectivity index (χ4n) is 3.15. The van der Waals surface area contributed by atoms with Gasteiger partial charge in [-0.2, -0.15) is 13.2 Å². The Balaban J connectivity index is 1.76. The topological polar surface area (TPSA) is 58.4 Å². The van der Waals surface area contributed by atoms with E-state index in [-0.39, 0.29) is 30.0 Å². The maximum atomic E-state index is 13.3. The highest BCUT2D eigenvalue weighted by Crippen LogP contribution is 2.29. The van der Waals surface area contributed by atoms with Crippen molar-refractivity contribution in [2.75, 3.05) is 0 Å². The van der Waals surface area contributed by atoms with E-state index in [0.717, 1.165) is 24.1 Å². The summed E-state index contributed by atoms with van der Waals surface area (Å²) in [6.45, 7) is 4.71. The third-order valence-electron chi connectivity index (χ3n) is 5.14. The van der Waals surface area contributed by atoms with Gasteiger partial charge in [0.05, 0.1) is 12.1 Å². The minimum Gasteiger partial charge on any atom is -0.447 e. The van der Waals surface area contributed by atoms with Gasteiger partial charge in [0.2, 0.25) is 5.89 Å². The molecule has 3 aromatic rings. The van der Waals surface area contributed by atoms with Crippen molar-refractivity contribution in [2.24, 2.45) is 0 Å². The fraction of sp³-hybridized carbons (Fsp3) is 0.333. The predicted molar refractivity (Wildman–Crippen MR) is 115 cm³/mol. The largest absolute Gasteiger partial charge is 0.447 e. The molecular formula is C24H25F4N3O2. The zero-order valence-electron chi connectivity index (χ0n) is 18.3. The van der Waals surface area contributed by atoms with Gasteiger partial charge in [0, 0.05) is 19.1 Å². The summed E-state index contributed by atoms with van der Waals surface area (Å²) >= 11 is 0. The summed E-state index contributed by atoms with van der Waals surface area (Å²) in [6.07, 6.45) is -2.35. The maximum Gasteiger partial charge on any atom is 0.416 e. The summed E-state index contributed by atoms with van der Waals surface area (Å²) in [4.78, 5) is 18.4. The van der Waals surface area contributed by atoms with Gasteiger partial charge in [-0.05, 0) is 48.7 Å². The molecule has 1 amide bonds. The molecular weight excluding hydrogens is 438 g/mol. The van der Waals surface area contributed by atoms with Gasteiger partial charge in [-0.1, -0.05) is 31.2 Å². The predicted octanol–water partition coefficient (Wildman–Crippen LogP) is 5.56. The normalized spacial score (nSPS) is 12.7. The Hall–Kier alpha value is -3.20. The van der Waals surface area contributed by atoms with Gasteiger partial charge >= 0.3 is 6.18 Å². The average molecular weight is 463 g/mol. The molecule has 33 heavy (non-hydrogen) atoms. The average Bonchev–Trinajstić information content (AvgIpc) is 3.23. The van der Waals surface area contributed by atoms with Crippen LogP contribution in [-0.2, 0) is 25.8 Å². The van der Waals surface area contributed by atoms with Crippen molar-refractivity contribution in [1.29, 1.82) is 0 Å². The van der Waals surface area contributed by atoms with Crippen molar-refractivity contribution in [3.63, 3.8) is 0 Å². The number of halogens is 4. The van der Waals surface area contributed by atoms with Gasteiger partial charge in [-0.25, -0.2) is 9.37 Å². The first kappa shape index (κ1) is 24.4. The van der Waals surface area contributed by atoms with Gasteiger partial charge in [0.25, 0.3) is 5.91 Å². The molecule has 0 radical (unpaired) electrons. The molecule has 3 rings (SSSR count). The lowest BCUT2D eigenvalue weighted by Crippen LogP contribution is -2.32. The van der Waals surface area contributed by atoms with Crippen LogP contribution in [0.5, 0.6) is 0 Å². The highest BCUT2D eigenvalue weighted by molar-refractivity contribution is 5.92. The molecule has 0 spiro atoms. The molecule has 1 aromatic heterocycles. The molecule has 0 bridgehead atoms. The van der Waals surface area contributed by atoms with E-state index >= 15 is 0 Å². The zero-order valence-corrected chi connectivity index (χ0v) is 18.3. The number of oxazole rings is 1. The number of aromatic nitrogens is 1. The Morgan fingerprint density at radius 3 is 2.15 bits per heavy atom. The van der Waals surface area contributed by atoms with E-state index in [9.17, 15) is 22.4 Å². The molecule has 1 heterocycles. The summed E-state index contributed by atoms with van der Waals surface area (Å²) in [7, 11) is 0. The second-order valence-corrected chi connectivity index (χ2v) is 7.88. The molecule has 5 nitrogen and oxygen atoms in total. The quantitative estimate of drug-likeness (QED) is 0.422. The Kier molecular flexibility index (Phi) is 7.86. The Morgan fingerprint density at radius 2 is 1.61 bits per heavy atom. The second kappa shape index (κ2) is 10.6. The van der Waals surface area contributed by atoms with Crippen LogP contribution < -0.4 is 5.32 Å². The van der Waals surface area contributed by atoms with Crippen LogP contribution in [0, 0.1) is 5.82 Å². The minimum atomic E-state index is -4.41. The van der Waals surface area contributed by atoms with E-state index in [1.54, 1.807) is 12.1 Å². The third-order valence-corrected chi connectivity index (χ3v) is 5.14. The molecule has 0 fully saturated rings. The van der Waals surface area contributed by atoms with E-state index in [4.69, 9.17) is 4.42 Å². The Labute approximate surface area is 189 Å². The van der Waals surface area contributed by atoms with Gasteiger partial charge < -0.3 is 9.73 Å². The SMILES string of the molecule is CC[C@H](C)NC(=O)c1coc(CN(Cc2ccc(F)cc2)Cc2ccc(C(F)(F)F)cc2)n1. The fourth-order valence-corrected chi connectivity index (χ4v) is 3.15. The van der Waals surface area contributed by atoms with Crippen molar-refractivity contribution in [3.8, 4) is 0 Å². The molecule has 0 aliphatic rings. The number of alkyl halides is 3. The van der Waals surface area contributed by atoms with Crippen molar-refractivity contribution >= 4 is 5.91 Å². The number of hydrogen-bond acceptors (Lipinski definition) is 4. The summed E-state index contributed by atoms with van der Waals surface area (Å²) < 4.78 is 57.3. The minimum absolute atomic E-state index is 0.00713. The third kappa shape index (κ3) is 7.15. The number of benzene rings is 2. The van der Waals surface area contributed by atoms with E-state index in [1.807, 2.05) is 18.7 Å². The van der Waals surface area contributed by atoms with Gasteiger partial charge in [0.15, 0.2) is 5.69 Å². The second-order valence-electron chi connectivity index (χ2n) is 7.88. The lowest BCUT2D eigenvalue weighted by molar-refractivity contribution is -0.137. The number of hydrogen-bond donors (Lipinski definition) is 1. The molecule has 0 saturated heterocycles. The van der Waals surface area contributed by atoms with E-state index in [0.29, 0.717) is 24.5 Å². The van der Waals surface area contributed by atoms with Crippen molar-refractivity contribution in [1.82, 2.24) is 15.2 Å². The van der Waals surface area contributed by atoms with Crippen LogP contribution in [0.15, 0.2) is 59.2 Å². The van der Waals surface area contributed by atoms with Gasteiger partial charge in [-0.15, -0.1) is 0 Å². The van der Waals surface area contributed by atoms with E-state index < -0.39 is 11.7 Å². The van der Waals surface area contributed by atoms with Crippen molar-refractivity contribution in [3.05, 3.63) is 88.9 Å². The summed E-state index contributed by atoms with van der Waals surface area (Å²) in [5.74, 6) is -0.414. The van der Waals surface area contributed by atoms with Crippen LogP contribution in [0.2, 0.25) is 0 Å². The monoisotopic (exact) mass is 463 g/mol. The maximum absolute atomic E-state index is 13.3. The first-order valence-electron chi connectivity index (χ1n) is 10.5. The smallest absolute Gasteiger partial charge is 0.416 e. The molecule has 2 aromatic carbocycles. The highest BCUT2D eigenvalue weighted by Gasteiger charge is 2.30. The Bertz CT molecular complexity index is 1050. The van der Waals surface area contributed by atoms with Gasteiger partial charge in [0.1, 0.15) is 12.1 Å². The first-order valence-corrected chi connectivity index (χ1v) is 10.5.